The molecule has 0 saturated heterocycles. The van der Waals surface area contributed by atoms with E-state index in [9.17, 15) is 9.59 Å². The Kier molecular flexibility index (Phi) is 5.32. The van der Waals surface area contributed by atoms with Gasteiger partial charge in [0.15, 0.2) is 11.5 Å². The van der Waals surface area contributed by atoms with E-state index in [-0.39, 0.29) is 18.4 Å². The van der Waals surface area contributed by atoms with Crippen LogP contribution in [0.15, 0.2) is 36.4 Å². The molecule has 0 bridgehead atoms. The molecule has 1 N–H and O–H groups in total. The summed E-state index contributed by atoms with van der Waals surface area (Å²) in [5.74, 6) is 0.642. The highest BCUT2D eigenvalue weighted by Crippen LogP contribution is 2.34. The van der Waals surface area contributed by atoms with E-state index >= 15 is 0 Å². The smallest absolute Gasteiger partial charge is 0.244 e. The van der Waals surface area contributed by atoms with Crippen molar-refractivity contribution in [2.75, 3.05) is 30.0 Å². The van der Waals surface area contributed by atoms with Crippen LogP contribution in [-0.2, 0) is 9.59 Å². The Bertz CT molecular complexity index is 853. The third kappa shape index (κ3) is 4.08. The molecule has 0 saturated carbocycles. The molecule has 2 aromatic rings. The van der Waals surface area contributed by atoms with Crippen molar-refractivity contribution < 1.29 is 19.1 Å². The standard InChI is InChI=1S/C19H19ClN2O4/c1-12-9-14(20)3-5-16(12)21-19(24)11-22(13(2)23)15-4-6-17-18(10-15)26-8-7-25-17/h3-6,9-10H,7-8,11H2,1-2H3,(H,21,24). The molecule has 0 fully saturated rings. The number of nitrogens with one attached hydrogen (secondary N) is 1. The summed E-state index contributed by atoms with van der Waals surface area (Å²) in [5.41, 5.74) is 2.08. The van der Waals surface area contributed by atoms with Crippen LogP contribution in [0.4, 0.5) is 11.4 Å². The average Bonchev–Trinajstić information content (AvgIpc) is 2.61. The highest BCUT2D eigenvalue weighted by atomic mass is 35.5. The highest BCUT2D eigenvalue weighted by Gasteiger charge is 2.20. The molecule has 0 aromatic heterocycles. The van der Waals surface area contributed by atoms with E-state index in [2.05, 4.69) is 5.32 Å². The molecule has 136 valence electrons. The van der Waals surface area contributed by atoms with Crippen LogP contribution in [-0.4, -0.2) is 31.6 Å². The predicted molar refractivity (Wildman–Crippen MR) is 100 cm³/mol. The first-order valence-corrected chi connectivity index (χ1v) is 8.55. The van der Waals surface area contributed by atoms with Gasteiger partial charge in [0.05, 0.1) is 0 Å². The lowest BCUT2D eigenvalue weighted by Gasteiger charge is -2.24. The second-order valence-electron chi connectivity index (χ2n) is 5.94. The van der Waals surface area contributed by atoms with Crippen LogP contribution in [0.3, 0.4) is 0 Å². The Morgan fingerprint density at radius 1 is 1.12 bits per heavy atom. The molecule has 0 aliphatic carbocycles. The molecule has 3 rings (SSSR count). The van der Waals surface area contributed by atoms with Gasteiger partial charge in [0.1, 0.15) is 19.8 Å². The van der Waals surface area contributed by atoms with Gasteiger partial charge in [-0.05, 0) is 42.8 Å². The first-order chi connectivity index (χ1) is 12.4. The van der Waals surface area contributed by atoms with Gasteiger partial charge in [-0.2, -0.15) is 0 Å². The summed E-state index contributed by atoms with van der Waals surface area (Å²) in [6.07, 6.45) is 0. The number of carbonyl (C=O) groups is 2. The van der Waals surface area contributed by atoms with Crippen molar-refractivity contribution in [2.24, 2.45) is 0 Å². The number of aryl methyl sites for hydroxylation is 1. The number of hydrogen-bond acceptors (Lipinski definition) is 4. The van der Waals surface area contributed by atoms with Gasteiger partial charge in [0.25, 0.3) is 0 Å². The molecule has 1 heterocycles. The third-order valence-electron chi connectivity index (χ3n) is 3.98. The fourth-order valence-corrected chi connectivity index (χ4v) is 2.91. The fourth-order valence-electron chi connectivity index (χ4n) is 2.69. The van der Waals surface area contributed by atoms with E-state index in [1.54, 1.807) is 36.4 Å². The lowest BCUT2D eigenvalue weighted by atomic mass is 10.2. The van der Waals surface area contributed by atoms with Crippen molar-refractivity contribution in [1.82, 2.24) is 0 Å². The number of halogens is 1. The monoisotopic (exact) mass is 374 g/mol. The number of amides is 2. The molecule has 0 spiro atoms. The Labute approximate surface area is 156 Å². The zero-order valence-electron chi connectivity index (χ0n) is 14.5. The Morgan fingerprint density at radius 2 is 1.85 bits per heavy atom. The van der Waals surface area contributed by atoms with Crippen molar-refractivity contribution in [3.63, 3.8) is 0 Å². The zero-order valence-corrected chi connectivity index (χ0v) is 15.3. The molecule has 6 nitrogen and oxygen atoms in total. The van der Waals surface area contributed by atoms with Gasteiger partial charge < -0.3 is 19.7 Å². The van der Waals surface area contributed by atoms with E-state index in [0.29, 0.717) is 41.1 Å². The molecular formula is C19H19ClN2O4. The molecule has 1 aliphatic rings. The summed E-state index contributed by atoms with van der Waals surface area (Å²) in [6.45, 7) is 4.10. The summed E-state index contributed by atoms with van der Waals surface area (Å²) >= 11 is 5.93. The lowest BCUT2D eigenvalue weighted by Crippen LogP contribution is -2.36. The minimum Gasteiger partial charge on any atom is -0.486 e. The number of rotatable bonds is 4. The minimum absolute atomic E-state index is 0.114. The van der Waals surface area contributed by atoms with Crippen molar-refractivity contribution in [2.45, 2.75) is 13.8 Å². The van der Waals surface area contributed by atoms with E-state index < -0.39 is 0 Å². The fraction of sp³-hybridized carbons (Fsp3) is 0.263. The largest absolute Gasteiger partial charge is 0.486 e. The van der Waals surface area contributed by atoms with Crippen LogP contribution in [0.5, 0.6) is 11.5 Å². The molecule has 26 heavy (non-hydrogen) atoms. The third-order valence-corrected chi connectivity index (χ3v) is 4.22. The number of ether oxygens (including phenoxy) is 2. The van der Waals surface area contributed by atoms with E-state index in [1.165, 1.54) is 11.8 Å². The topological polar surface area (TPSA) is 67.9 Å². The summed E-state index contributed by atoms with van der Waals surface area (Å²) in [5, 5.41) is 3.41. The van der Waals surface area contributed by atoms with Gasteiger partial charge in [-0.3, -0.25) is 9.59 Å². The second-order valence-corrected chi connectivity index (χ2v) is 6.38. The molecule has 2 amide bonds. The molecular weight excluding hydrogens is 356 g/mol. The number of carbonyl (C=O) groups excluding carboxylic acids is 2. The van der Waals surface area contributed by atoms with Crippen molar-refractivity contribution in [1.29, 1.82) is 0 Å². The summed E-state index contributed by atoms with van der Waals surface area (Å²) in [6, 6.07) is 10.4. The maximum atomic E-state index is 12.4. The Morgan fingerprint density at radius 3 is 2.54 bits per heavy atom. The average molecular weight is 375 g/mol. The Hall–Kier alpha value is -2.73. The predicted octanol–water partition coefficient (Wildman–Crippen LogP) is 3.41. The number of nitrogens with zero attached hydrogens (tertiary/aromatic N) is 1. The normalized spacial score (nSPS) is 12.4. The quantitative estimate of drug-likeness (QED) is 0.890. The van der Waals surface area contributed by atoms with Crippen LogP contribution >= 0.6 is 11.6 Å². The maximum Gasteiger partial charge on any atom is 0.244 e. The van der Waals surface area contributed by atoms with Crippen molar-refractivity contribution in [3.05, 3.63) is 47.0 Å². The van der Waals surface area contributed by atoms with Gasteiger partial charge in [-0.15, -0.1) is 0 Å². The SMILES string of the molecule is CC(=O)N(CC(=O)Nc1ccc(Cl)cc1C)c1ccc2c(c1)OCCO2. The maximum absolute atomic E-state index is 12.4. The molecule has 2 aromatic carbocycles. The molecule has 1 aliphatic heterocycles. The number of anilines is 2. The lowest BCUT2D eigenvalue weighted by molar-refractivity contribution is -0.120. The van der Waals surface area contributed by atoms with Crippen LogP contribution in [0.25, 0.3) is 0 Å². The zero-order chi connectivity index (χ0) is 18.7. The van der Waals surface area contributed by atoms with E-state index in [1.807, 2.05) is 6.92 Å². The highest BCUT2D eigenvalue weighted by molar-refractivity contribution is 6.30. The van der Waals surface area contributed by atoms with Gasteiger partial charge in [-0.1, -0.05) is 11.6 Å². The number of hydrogen-bond donors (Lipinski definition) is 1. The van der Waals surface area contributed by atoms with Crippen LogP contribution in [0.1, 0.15) is 12.5 Å². The summed E-state index contributed by atoms with van der Waals surface area (Å²) in [7, 11) is 0. The molecule has 0 unspecified atom stereocenters. The van der Waals surface area contributed by atoms with Crippen LogP contribution < -0.4 is 19.7 Å². The molecule has 0 atom stereocenters. The van der Waals surface area contributed by atoms with E-state index in [4.69, 9.17) is 21.1 Å². The van der Waals surface area contributed by atoms with Gasteiger partial charge in [-0.25, -0.2) is 0 Å². The van der Waals surface area contributed by atoms with E-state index in [0.717, 1.165) is 5.56 Å². The van der Waals surface area contributed by atoms with Crippen LogP contribution in [0.2, 0.25) is 5.02 Å². The van der Waals surface area contributed by atoms with Crippen molar-refractivity contribution in [3.8, 4) is 11.5 Å². The number of benzene rings is 2. The van der Waals surface area contributed by atoms with Gasteiger partial charge in [0, 0.05) is 29.4 Å². The second kappa shape index (κ2) is 7.66. The Balaban J connectivity index is 1.76. The summed E-state index contributed by atoms with van der Waals surface area (Å²) < 4.78 is 11.0. The van der Waals surface area contributed by atoms with Gasteiger partial charge in [0.2, 0.25) is 11.8 Å². The van der Waals surface area contributed by atoms with Gasteiger partial charge >= 0.3 is 0 Å². The minimum atomic E-state index is -0.305. The van der Waals surface area contributed by atoms with Crippen molar-refractivity contribution >= 4 is 34.8 Å². The first kappa shape index (κ1) is 18.1. The number of fused-ring (bicyclic) bond motifs is 1. The van der Waals surface area contributed by atoms with Crippen LogP contribution in [0, 0.1) is 6.92 Å². The molecule has 7 heteroatoms. The first-order valence-electron chi connectivity index (χ1n) is 8.18. The molecule has 0 radical (unpaired) electrons. The summed E-state index contributed by atoms with van der Waals surface area (Å²) in [4.78, 5) is 25.9.